The van der Waals surface area contributed by atoms with Crippen molar-refractivity contribution in [2.45, 2.75) is 64.5 Å². The van der Waals surface area contributed by atoms with Crippen molar-refractivity contribution in [1.29, 1.82) is 0 Å². The number of aliphatic hydroxyl groups excluding tert-OH is 1. The van der Waals surface area contributed by atoms with Crippen LogP contribution in [0.15, 0.2) is 24.3 Å². The highest BCUT2D eigenvalue weighted by molar-refractivity contribution is 5.83. The molecule has 0 bridgehead atoms. The number of hydrogen-bond acceptors (Lipinski definition) is 4. The standard InChI is InChI=1S/C21H32N2O4/c1-2-3-4-8-17(13-20(25)26)21(27)22-14-16-7-5-9-18(12-16)23-11-6-10-19(23)15-24/h5,7,9,12,17,19,24H,2-4,6,8,10-11,13-15H2,1H3,(H,22,27)(H,25,26). The number of carboxylic acids is 1. The molecule has 0 saturated carbocycles. The molecule has 150 valence electrons. The van der Waals surface area contributed by atoms with Crippen LogP contribution < -0.4 is 10.2 Å². The zero-order valence-electron chi connectivity index (χ0n) is 16.2. The first-order chi connectivity index (χ1) is 13.0. The van der Waals surface area contributed by atoms with Crippen molar-refractivity contribution in [2.75, 3.05) is 18.1 Å². The maximum atomic E-state index is 12.5. The Balaban J connectivity index is 1.94. The molecule has 1 saturated heterocycles. The predicted molar refractivity (Wildman–Crippen MR) is 106 cm³/mol. The lowest BCUT2D eigenvalue weighted by Crippen LogP contribution is -2.33. The van der Waals surface area contributed by atoms with E-state index in [9.17, 15) is 14.7 Å². The molecule has 1 aromatic carbocycles. The van der Waals surface area contributed by atoms with Gasteiger partial charge in [-0.3, -0.25) is 9.59 Å². The number of carbonyl (C=O) groups excluding carboxylic acids is 1. The van der Waals surface area contributed by atoms with Gasteiger partial charge in [0.2, 0.25) is 5.91 Å². The molecule has 2 atom stereocenters. The summed E-state index contributed by atoms with van der Waals surface area (Å²) in [6.07, 6.45) is 5.47. The molecule has 1 aliphatic heterocycles. The zero-order valence-corrected chi connectivity index (χ0v) is 16.2. The lowest BCUT2D eigenvalue weighted by atomic mass is 9.97. The molecule has 27 heavy (non-hydrogen) atoms. The van der Waals surface area contributed by atoms with E-state index in [2.05, 4.69) is 17.1 Å². The molecular weight excluding hydrogens is 344 g/mol. The summed E-state index contributed by atoms with van der Waals surface area (Å²) in [5, 5.41) is 21.5. The number of carbonyl (C=O) groups is 2. The van der Waals surface area contributed by atoms with Crippen LogP contribution in [0.4, 0.5) is 5.69 Å². The topological polar surface area (TPSA) is 89.9 Å². The van der Waals surface area contributed by atoms with Crippen molar-refractivity contribution in [3.05, 3.63) is 29.8 Å². The smallest absolute Gasteiger partial charge is 0.304 e. The lowest BCUT2D eigenvalue weighted by molar-refractivity contribution is -0.141. The first-order valence-electron chi connectivity index (χ1n) is 10.0. The Morgan fingerprint density at radius 3 is 2.85 bits per heavy atom. The van der Waals surface area contributed by atoms with E-state index < -0.39 is 11.9 Å². The van der Waals surface area contributed by atoms with Crippen LogP contribution in [0.2, 0.25) is 0 Å². The van der Waals surface area contributed by atoms with Gasteiger partial charge in [0.05, 0.1) is 19.1 Å². The molecule has 6 heteroatoms. The van der Waals surface area contributed by atoms with Crippen LogP contribution >= 0.6 is 0 Å². The maximum Gasteiger partial charge on any atom is 0.304 e. The van der Waals surface area contributed by atoms with E-state index in [1.165, 1.54) is 0 Å². The van der Waals surface area contributed by atoms with Crippen LogP contribution in [0.5, 0.6) is 0 Å². The minimum Gasteiger partial charge on any atom is -0.481 e. The Hall–Kier alpha value is -2.08. The number of aliphatic carboxylic acids is 1. The Morgan fingerprint density at radius 1 is 1.33 bits per heavy atom. The molecule has 2 rings (SSSR count). The Morgan fingerprint density at radius 2 is 2.15 bits per heavy atom. The second-order valence-corrected chi connectivity index (χ2v) is 7.35. The number of amides is 1. The van der Waals surface area contributed by atoms with E-state index >= 15 is 0 Å². The average molecular weight is 376 g/mol. The Labute approximate surface area is 161 Å². The van der Waals surface area contributed by atoms with Crippen molar-refractivity contribution in [3.63, 3.8) is 0 Å². The van der Waals surface area contributed by atoms with Gasteiger partial charge in [0.1, 0.15) is 0 Å². The minimum absolute atomic E-state index is 0.123. The summed E-state index contributed by atoms with van der Waals surface area (Å²) in [4.78, 5) is 25.7. The quantitative estimate of drug-likeness (QED) is 0.517. The van der Waals surface area contributed by atoms with Gasteiger partial charge in [-0.2, -0.15) is 0 Å². The maximum absolute atomic E-state index is 12.5. The molecule has 1 amide bonds. The third-order valence-electron chi connectivity index (χ3n) is 5.24. The van der Waals surface area contributed by atoms with Gasteiger partial charge in [0, 0.05) is 24.7 Å². The second kappa shape index (κ2) is 10.9. The summed E-state index contributed by atoms with van der Waals surface area (Å²) in [5.74, 6) is -1.60. The third kappa shape index (κ3) is 6.54. The first kappa shape index (κ1) is 21.2. The highest BCUT2D eigenvalue weighted by atomic mass is 16.4. The molecule has 0 aliphatic carbocycles. The lowest BCUT2D eigenvalue weighted by Gasteiger charge is -2.25. The van der Waals surface area contributed by atoms with Crippen molar-refractivity contribution in [1.82, 2.24) is 5.32 Å². The van der Waals surface area contributed by atoms with Gasteiger partial charge in [-0.1, -0.05) is 38.3 Å². The highest BCUT2D eigenvalue weighted by Crippen LogP contribution is 2.26. The van der Waals surface area contributed by atoms with Crippen LogP contribution in [0.3, 0.4) is 0 Å². The summed E-state index contributed by atoms with van der Waals surface area (Å²) in [5.41, 5.74) is 2.04. The van der Waals surface area contributed by atoms with E-state index in [0.717, 1.165) is 49.9 Å². The van der Waals surface area contributed by atoms with Crippen LogP contribution in [-0.2, 0) is 16.1 Å². The van der Waals surface area contributed by atoms with E-state index in [4.69, 9.17) is 5.11 Å². The van der Waals surface area contributed by atoms with Gasteiger partial charge in [0.15, 0.2) is 0 Å². The fourth-order valence-electron chi connectivity index (χ4n) is 3.72. The fraction of sp³-hybridized carbons (Fsp3) is 0.619. The number of hydrogen-bond donors (Lipinski definition) is 3. The molecule has 1 fully saturated rings. The van der Waals surface area contributed by atoms with Gasteiger partial charge < -0.3 is 20.4 Å². The van der Waals surface area contributed by atoms with Crippen molar-refractivity contribution in [2.24, 2.45) is 5.92 Å². The molecule has 1 heterocycles. The SMILES string of the molecule is CCCCCC(CC(=O)O)C(=O)NCc1cccc(N2CCCC2CO)c1. The average Bonchev–Trinajstić information content (AvgIpc) is 3.14. The van der Waals surface area contributed by atoms with Crippen LogP contribution in [-0.4, -0.2) is 41.3 Å². The molecule has 6 nitrogen and oxygen atoms in total. The summed E-state index contributed by atoms with van der Waals surface area (Å²) in [7, 11) is 0. The number of unbranched alkanes of at least 4 members (excludes halogenated alkanes) is 2. The summed E-state index contributed by atoms with van der Waals surface area (Å²) in [6.45, 7) is 3.55. The van der Waals surface area contributed by atoms with E-state index in [1.807, 2.05) is 24.3 Å². The summed E-state index contributed by atoms with van der Waals surface area (Å²) in [6, 6.07) is 8.14. The molecule has 0 radical (unpaired) electrons. The van der Waals surface area contributed by atoms with Gasteiger partial charge in [-0.25, -0.2) is 0 Å². The normalized spacial score (nSPS) is 17.7. The second-order valence-electron chi connectivity index (χ2n) is 7.35. The van der Waals surface area contributed by atoms with Crippen molar-refractivity contribution >= 4 is 17.6 Å². The number of benzene rings is 1. The monoisotopic (exact) mass is 376 g/mol. The van der Waals surface area contributed by atoms with Crippen molar-refractivity contribution < 1.29 is 19.8 Å². The number of carboxylic acid groups (broad SMARTS) is 1. The van der Waals surface area contributed by atoms with E-state index in [1.54, 1.807) is 0 Å². The third-order valence-corrected chi connectivity index (χ3v) is 5.24. The van der Waals surface area contributed by atoms with Gasteiger partial charge >= 0.3 is 5.97 Å². The molecule has 1 aliphatic rings. The summed E-state index contributed by atoms with van der Waals surface area (Å²) < 4.78 is 0. The largest absolute Gasteiger partial charge is 0.481 e. The number of anilines is 1. The number of aliphatic hydroxyl groups is 1. The van der Waals surface area contributed by atoms with Crippen LogP contribution in [0, 0.1) is 5.92 Å². The molecule has 2 unspecified atom stereocenters. The van der Waals surface area contributed by atoms with Gasteiger partial charge in [-0.15, -0.1) is 0 Å². The van der Waals surface area contributed by atoms with Gasteiger partial charge in [-0.05, 0) is 37.0 Å². The Bertz CT molecular complexity index is 620. The van der Waals surface area contributed by atoms with Crippen LogP contribution in [0.25, 0.3) is 0 Å². The first-order valence-corrected chi connectivity index (χ1v) is 10.0. The predicted octanol–water partition coefficient (Wildman–Crippen LogP) is 2.94. The number of nitrogens with one attached hydrogen (secondary N) is 1. The number of rotatable bonds is 11. The summed E-state index contributed by atoms with van der Waals surface area (Å²) >= 11 is 0. The zero-order chi connectivity index (χ0) is 19.6. The molecule has 3 N–H and O–H groups in total. The van der Waals surface area contributed by atoms with Crippen molar-refractivity contribution in [3.8, 4) is 0 Å². The molecule has 0 spiro atoms. The number of nitrogens with zero attached hydrogens (tertiary/aromatic N) is 1. The Kier molecular flexibility index (Phi) is 8.58. The molecule has 0 aromatic heterocycles. The highest BCUT2D eigenvalue weighted by Gasteiger charge is 2.24. The van der Waals surface area contributed by atoms with E-state index in [0.29, 0.717) is 13.0 Å². The fourth-order valence-corrected chi connectivity index (χ4v) is 3.72. The minimum atomic E-state index is -0.933. The molecule has 1 aromatic rings. The van der Waals surface area contributed by atoms with Gasteiger partial charge in [0.25, 0.3) is 0 Å². The molecular formula is C21H32N2O4. The van der Waals surface area contributed by atoms with E-state index in [-0.39, 0.29) is 25.0 Å². The van der Waals surface area contributed by atoms with Crippen LogP contribution in [0.1, 0.15) is 57.4 Å².